The van der Waals surface area contributed by atoms with Crippen LogP contribution in [0.3, 0.4) is 0 Å². The normalized spacial score (nSPS) is 14.7. The van der Waals surface area contributed by atoms with E-state index in [2.05, 4.69) is 15.5 Å². The lowest BCUT2D eigenvalue weighted by atomic mass is 10.5. The Morgan fingerprint density at radius 2 is 2.44 bits per heavy atom. The van der Waals surface area contributed by atoms with Crippen molar-refractivity contribution in [3.05, 3.63) is 0 Å². The number of carbonyl (C=O) groups is 2. The summed E-state index contributed by atoms with van der Waals surface area (Å²) in [6, 6.07) is 0. The van der Waals surface area contributed by atoms with Crippen molar-refractivity contribution in [3.8, 4) is 0 Å². The number of cyclic esters (lactones) is 1. The van der Waals surface area contributed by atoms with Gasteiger partial charge in [-0.25, -0.2) is 9.69 Å². The van der Waals surface area contributed by atoms with Crippen LogP contribution in [0.25, 0.3) is 0 Å². The highest BCUT2D eigenvalue weighted by atomic mass is 32.2. The maximum absolute atomic E-state index is 11.7. The molecule has 1 saturated heterocycles. The van der Waals surface area contributed by atoms with Crippen molar-refractivity contribution in [2.45, 2.75) is 11.3 Å². The lowest BCUT2D eigenvalue weighted by Gasteiger charge is -2.08. The van der Waals surface area contributed by atoms with Gasteiger partial charge < -0.3 is 10.1 Å². The minimum Gasteiger partial charge on any atom is -0.447 e. The van der Waals surface area contributed by atoms with Gasteiger partial charge >= 0.3 is 6.09 Å². The highest BCUT2D eigenvalue weighted by Crippen LogP contribution is 2.25. The first-order chi connectivity index (χ1) is 8.70. The third-order valence-electron chi connectivity index (χ3n) is 2.12. The van der Waals surface area contributed by atoms with Gasteiger partial charge in [0.2, 0.25) is 11.0 Å². The molecule has 9 heteroatoms. The molecule has 0 unspecified atom stereocenters. The first-order valence-corrected chi connectivity index (χ1v) is 7.18. The molecule has 1 aliphatic heterocycles. The summed E-state index contributed by atoms with van der Waals surface area (Å²) >= 11 is 2.66. The van der Waals surface area contributed by atoms with Crippen LogP contribution in [0, 0.1) is 0 Å². The molecule has 0 radical (unpaired) electrons. The molecule has 0 spiro atoms. The van der Waals surface area contributed by atoms with Crippen molar-refractivity contribution in [1.29, 1.82) is 0 Å². The Labute approximate surface area is 112 Å². The second kappa shape index (κ2) is 6.01. The molecule has 0 aromatic carbocycles. The fourth-order valence-electron chi connectivity index (χ4n) is 1.31. The monoisotopic (exact) mass is 288 g/mol. The number of anilines is 1. The van der Waals surface area contributed by atoms with Crippen LogP contribution >= 0.6 is 23.1 Å². The van der Waals surface area contributed by atoms with Crippen molar-refractivity contribution >= 4 is 40.2 Å². The number of rotatable bonds is 5. The highest BCUT2D eigenvalue weighted by Gasteiger charge is 2.28. The van der Waals surface area contributed by atoms with E-state index in [9.17, 15) is 9.59 Å². The van der Waals surface area contributed by atoms with E-state index in [4.69, 9.17) is 4.74 Å². The predicted octanol–water partition coefficient (Wildman–Crippen LogP) is 1.04. The fraction of sp³-hybridized carbons (Fsp3) is 0.556. The van der Waals surface area contributed by atoms with Crippen LogP contribution < -0.4 is 5.32 Å². The number of aromatic nitrogens is 2. The topological polar surface area (TPSA) is 84.4 Å². The number of thioether (sulfide) groups is 1. The van der Waals surface area contributed by atoms with Crippen molar-refractivity contribution < 1.29 is 14.3 Å². The summed E-state index contributed by atoms with van der Waals surface area (Å²) in [6.45, 7) is 3.35. The van der Waals surface area contributed by atoms with Gasteiger partial charge in [0, 0.05) is 6.54 Å². The SMILES string of the molecule is CCNc1nnc(SCC(=O)N2CCOC2=O)s1. The molecule has 1 aromatic heterocycles. The van der Waals surface area contributed by atoms with E-state index in [-0.39, 0.29) is 18.3 Å². The second-order valence-electron chi connectivity index (χ2n) is 3.35. The molecule has 0 saturated carbocycles. The van der Waals surface area contributed by atoms with Crippen LogP contribution in [0.5, 0.6) is 0 Å². The summed E-state index contributed by atoms with van der Waals surface area (Å²) in [5.41, 5.74) is 0. The third kappa shape index (κ3) is 3.10. The Bertz CT molecular complexity index is 451. The number of amides is 2. The average Bonchev–Trinajstić information content (AvgIpc) is 2.96. The summed E-state index contributed by atoms with van der Waals surface area (Å²) in [7, 11) is 0. The van der Waals surface area contributed by atoms with Crippen LogP contribution in [0.2, 0.25) is 0 Å². The van der Waals surface area contributed by atoms with Gasteiger partial charge in [-0.05, 0) is 6.92 Å². The molecule has 0 aliphatic carbocycles. The highest BCUT2D eigenvalue weighted by molar-refractivity contribution is 8.01. The van der Waals surface area contributed by atoms with Crippen molar-refractivity contribution in [3.63, 3.8) is 0 Å². The summed E-state index contributed by atoms with van der Waals surface area (Å²) < 4.78 is 5.40. The van der Waals surface area contributed by atoms with Gasteiger partial charge in [-0.3, -0.25) is 4.79 Å². The van der Waals surface area contributed by atoms with Crippen LogP contribution in [-0.4, -0.2) is 52.5 Å². The lowest BCUT2D eigenvalue weighted by Crippen LogP contribution is -2.32. The van der Waals surface area contributed by atoms with Crippen LogP contribution in [-0.2, 0) is 9.53 Å². The number of nitrogens with one attached hydrogen (secondary N) is 1. The Morgan fingerprint density at radius 1 is 1.61 bits per heavy atom. The van der Waals surface area contributed by atoms with Gasteiger partial charge in [0.25, 0.3) is 0 Å². The molecule has 1 aliphatic rings. The molecule has 98 valence electrons. The molecule has 1 N–H and O–H groups in total. The zero-order valence-corrected chi connectivity index (χ0v) is 11.3. The standard InChI is InChI=1S/C9H12N4O3S2/c1-2-10-7-11-12-8(18-7)17-5-6(14)13-3-4-16-9(13)15/h2-5H2,1H3,(H,10,11). The maximum atomic E-state index is 11.7. The van der Waals surface area contributed by atoms with Crippen LogP contribution in [0.4, 0.5) is 9.93 Å². The Kier molecular flexibility index (Phi) is 4.37. The van der Waals surface area contributed by atoms with E-state index in [1.165, 1.54) is 23.1 Å². The molecular weight excluding hydrogens is 276 g/mol. The Morgan fingerprint density at radius 3 is 3.11 bits per heavy atom. The first kappa shape index (κ1) is 13.1. The van der Waals surface area contributed by atoms with Crippen molar-refractivity contribution in [1.82, 2.24) is 15.1 Å². The molecule has 7 nitrogen and oxygen atoms in total. The van der Waals surface area contributed by atoms with Gasteiger partial charge in [0.15, 0.2) is 4.34 Å². The van der Waals surface area contributed by atoms with Gasteiger partial charge in [0.05, 0.1) is 12.3 Å². The van der Waals surface area contributed by atoms with Crippen LogP contribution in [0.1, 0.15) is 6.92 Å². The summed E-state index contributed by atoms with van der Waals surface area (Å²) in [5, 5.41) is 11.6. The van der Waals surface area contributed by atoms with E-state index in [1.807, 2.05) is 6.92 Å². The fourth-order valence-corrected chi connectivity index (χ4v) is 3.01. The van der Waals surface area contributed by atoms with E-state index < -0.39 is 6.09 Å². The van der Waals surface area contributed by atoms with Gasteiger partial charge in [-0.2, -0.15) is 0 Å². The number of carbonyl (C=O) groups excluding carboxylic acids is 2. The van der Waals surface area contributed by atoms with E-state index in [0.29, 0.717) is 10.9 Å². The largest absolute Gasteiger partial charge is 0.447 e. The smallest absolute Gasteiger partial charge is 0.416 e. The summed E-state index contributed by atoms with van der Waals surface area (Å²) in [6.07, 6.45) is -0.564. The Hall–Kier alpha value is -1.35. The molecule has 2 rings (SSSR count). The van der Waals surface area contributed by atoms with Crippen LogP contribution in [0.15, 0.2) is 4.34 Å². The van der Waals surface area contributed by atoms with Gasteiger partial charge in [-0.1, -0.05) is 23.1 Å². The summed E-state index contributed by atoms with van der Waals surface area (Å²) in [5.74, 6) is -0.0988. The molecule has 0 bridgehead atoms. The number of hydrogen-bond donors (Lipinski definition) is 1. The Balaban J connectivity index is 1.83. The number of imide groups is 1. The zero-order chi connectivity index (χ0) is 13.0. The van der Waals surface area contributed by atoms with Gasteiger partial charge in [-0.15, -0.1) is 10.2 Å². The molecule has 1 fully saturated rings. The maximum Gasteiger partial charge on any atom is 0.416 e. The molecule has 1 aromatic rings. The number of nitrogens with zero attached hydrogens (tertiary/aromatic N) is 3. The van der Waals surface area contributed by atoms with Crippen molar-refractivity contribution in [2.75, 3.05) is 30.8 Å². The molecule has 18 heavy (non-hydrogen) atoms. The number of ether oxygens (including phenoxy) is 1. The summed E-state index contributed by atoms with van der Waals surface area (Å²) in [4.78, 5) is 24.0. The quantitative estimate of drug-likeness (QED) is 0.810. The van der Waals surface area contributed by atoms with Gasteiger partial charge in [0.1, 0.15) is 6.61 Å². The van der Waals surface area contributed by atoms with E-state index in [0.717, 1.165) is 16.6 Å². The number of hydrogen-bond acceptors (Lipinski definition) is 8. The van der Waals surface area contributed by atoms with E-state index in [1.54, 1.807) is 0 Å². The predicted molar refractivity (Wildman–Crippen MR) is 67.9 cm³/mol. The average molecular weight is 288 g/mol. The minimum atomic E-state index is -0.564. The van der Waals surface area contributed by atoms with Crippen molar-refractivity contribution in [2.24, 2.45) is 0 Å². The third-order valence-corrected chi connectivity index (χ3v) is 4.11. The molecule has 2 amide bonds. The first-order valence-electron chi connectivity index (χ1n) is 5.38. The lowest BCUT2D eigenvalue weighted by molar-refractivity contribution is -0.124. The molecule has 0 atom stereocenters. The van der Waals surface area contributed by atoms with E-state index >= 15 is 0 Å². The second-order valence-corrected chi connectivity index (χ2v) is 5.55. The zero-order valence-electron chi connectivity index (χ0n) is 9.71. The molecule has 2 heterocycles. The molecular formula is C9H12N4O3S2. The minimum absolute atomic E-state index is 0.163.